The summed E-state index contributed by atoms with van der Waals surface area (Å²) in [5.74, 6) is 0.868. The number of rotatable bonds is 2. The minimum Gasteiger partial charge on any atom is -0.876 e. The molecule has 0 spiro atoms. The Morgan fingerprint density at radius 3 is 2.33 bits per heavy atom. The molecule has 2 amide bonds. The molecule has 1 fully saturated rings. The molecule has 1 aromatic heterocycles. The fraction of sp³-hybridized carbons (Fsp3) is 0.538. The average molecular weight is 298 g/mol. The van der Waals surface area contributed by atoms with Crippen LogP contribution >= 0.6 is 0 Å². The number of amides is 2. The third-order valence-electron chi connectivity index (χ3n) is 2.77. The van der Waals surface area contributed by atoms with E-state index < -0.39 is 18.5 Å². The lowest BCUT2D eigenvalue weighted by atomic mass is 10.1. The summed E-state index contributed by atoms with van der Waals surface area (Å²) in [4.78, 5) is 13.8. The van der Waals surface area contributed by atoms with E-state index in [1.165, 1.54) is 14.0 Å². The molecule has 1 aliphatic heterocycles. The van der Waals surface area contributed by atoms with Crippen LogP contribution in [0.15, 0.2) is 22.9 Å². The molecule has 0 bridgehead atoms. The predicted molar refractivity (Wildman–Crippen MR) is 73.1 cm³/mol. The molecule has 8 heteroatoms. The molecule has 2 rings (SSSR count). The predicted octanol–water partition coefficient (Wildman–Crippen LogP) is 0.187. The number of carbonyl (C=O) groups is 1. The molecular weight excluding hydrogens is 278 g/mol. The molecule has 8 nitrogen and oxygen atoms in total. The van der Waals surface area contributed by atoms with Crippen LogP contribution in [0, 0.1) is 0 Å². The quantitative estimate of drug-likeness (QED) is 0.753. The van der Waals surface area contributed by atoms with Gasteiger partial charge in [-0.2, -0.15) is 0 Å². The minimum absolute atomic E-state index is 0.0833. The summed E-state index contributed by atoms with van der Waals surface area (Å²) in [6, 6.07) is 1.06. The van der Waals surface area contributed by atoms with Gasteiger partial charge in [-0.3, -0.25) is 4.90 Å². The third kappa shape index (κ3) is 3.73. The van der Waals surface area contributed by atoms with E-state index >= 15 is 0 Å². The normalized spacial score (nSPS) is 21.6. The minimum atomic E-state index is -1.34. The van der Waals surface area contributed by atoms with Crippen LogP contribution in [0.2, 0.25) is 0 Å². The lowest BCUT2D eigenvalue weighted by Gasteiger charge is -2.15. The van der Waals surface area contributed by atoms with E-state index in [-0.39, 0.29) is 17.5 Å². The molecule has 1 aliphatic rings. The molecule has 2 N–H and O–H groups in total. The van der Waals surface area contributed by atoms with Crippen molar-refractivity contribution >= 4 is 11.8 Å². The number of allylic oxidation sites excluding steroid dienone is 1. The van der Waals surface area contributed by atoms with Crippen molar-refractivity contribution in [3.8, 4) is 0 Å². The molecule has 0 aliphatic carbocycles. The number of nitrogens with zero attached hydrogens (tertiary/aromatic N) is 3. The number of hydrogen-bond acceptors (Lipinski definition) is 6. The number of aliphatic hydroxyl groups is 2. The maximum absolute atomic E-state index is 11.8. The lowest BCUT2D eigenvalue weighted by molar-refractivity contribution is -0.300. The van der Waals surface area contributed by atoms with Crippen molar-refractivity contribution in [1.82, 2.24) is 10.1 Å². The molecule has 118 valence electrons. The molecule has 21 heavy (non-hydrogen) atoms. The van der Waals surface area contributed by atoms with Gasteiger partial charge in [0.2, 0.25) is 0 Å². The van der Waals surface area contributed by atoms with Gasteiger partial charge in [-0.1, -0.05) is 25.9 Å². The fourth-order valence-corrected chi connectivity index (χ4v) is 1.63. The van der Waals surface area contributed by atoms with Crippen LogP contribution in [-0.2, 0) is 0 Å². The van der Waals surface area contributed by atoms with Crippen molar-refractivity contribution in [1.29, 1.82) is 0 Å². The molecular formula is C13H20N3O5-. The molecule has 2 atom stereocenters. The summed E-state index contributed by atoms with van der Waals surface area (Å²) in [5.41, 5.74) is 0. The van der Waals surface area contributed by atoms with Crippen LogP contribution in [0.4, 0.5) is 10.6 Å². The van der Waals surface area contributed by atoms with E-state index in [0.29, 0.717) is 5.76 Å². The zero-order valence-electron chi connectivity index (χ0n) is 12.5. The number of aliphatic hydroxyl groups excluding tert-OH is 2. The first kappa shape index (κ1) is 17.0. The van der Waals surface area contributed by atoms with Crippen molar-refractivity contribution in [2.45, 2.75) is 39.1 Å². The van der Waals surface area contributed by atoms with E-state index in [1.54, 1.807) is 6.07 Å². The summed E-state index contributed by atoms with van der Waals surface area (Å²) >= 11 is 0. The average Bonchev–Trinajstić information content (AvgIpc) is 2.91. The van der Waals surface area contributed by atoms with Crippen molar-refractivity contribution < 1.29 is 24.6 Å². The topological polar surface area (TPSA) is 113 Å². The van der Waals surface area contributed by atoms with Crippen LogP contribution in [-0.4, -0.2) is 45.8 Å². The lowest BCUT2D eigenvalue weighted by Crippen LogP contribution is -2.36. The van der Waals surface area contributed by atoms with E-state index in [9.17, 15) is 20.1 Å². The molecule has 2 heterocycles. The van der Waals surface area contributed by atoms with Crippen LogP contribution in [0.3, 0.4) is 0 Å². The molecule has 1 aromatic rings. The first-order valence-electron chi connectivity index (χ1n) is 6.38. The maximum atomic E-state index is 11.8. The number of hydrogen-bond donors (Lipinski definition) is 2. The van der Waals surface area contributed by atoms with E-state index in [2.05, 4.69) is 11.7 Å². The van der Waals surface area contributed by atoms with Crippen LogP contribution in [0.5, 0.6) is 0 Å². The Morgan fingerprint density at radius 2 is 2.00 bits per heavy atom. The Kier molecular flexibility index (Phi) is 5.34. The number of anilines is 1. The summed E-state index contributed by atoms with van der Waals surface area (Å²) < 4.78 is 5.05. The van der Waals surface area contributed by atoms with Gasteiger partial charge in [-0.15, -0.1) is 12.3 Å². The molecule has 0 saturated carbocycles. The third-order valence-corrected chi connectivity index (χ3v) is 2.77. The summed E-state index contributed by atoms with van der Waals surface area (Å²) in [7, 11) is 1.40. The SMILES string of the molecule is C=C(C)[O-].CC(C)c1cc(N2C(=O)N(C)C(O)C2O)no1. The van der Waals surface area contributed by atoms with Crippen molar-refractivity contribution in [3.05, 3.63) is 24.2 Å². The number of urea groups is 1. The standard InChI is InChI=1S/C10H15N3O4.C3H6O/c1-5(2)6-4-7(11-17-6)13-9(15)8(14)12(3)10(13)16;1-3(2)4/h4-5,8-9,14-15H,1-3H3;4H,1H2,2H3/p-1. The largest absolute Gasteiger partial charge is 0.876 e. The molecule has 1 saturated heterocycles. The van der Waals surface area contributed by atoms with Crippen LogP contribution in [0.25, 0.3) is 0 Å². The highest BCUT2D eigenvalue weighted by atomic mass is 16.5. The smallest absolute Gasteiger partial charge is 0.329 e. The van der Waals surface area contributed by atoms with Crippen LogP contribution < -0.4 is 10.0 Å². The van der Waals surface area contributed by atoms with Crippen molar-refractivity contribution in [3.63, 3.8) is 0 Å². The molecule has 0 radical (unpaired) electrons. The Bertz CT molecular complexity index is 510. The van der Waals surface area contributed by atoms with Gasteiger partial charge in [0.1, 0.15) is 5.76 Å². The number of carbonyl (C=O) groups excluding carboxylic acids is 1. The number of likely N-dealkylation sites (N-methyl/N-ethyl adjacent to an activating group) is 1. The van der Waals surface area contributed by atoms with Gasteiger partial charge in [0.05, 0.1) is 0 Å². The van der Waals surface area contributed by atoms with Crippen molar-refractivity contribution in [2.75, 3.05) is 11.9 Å². The van der Waals surface area contributed by atoms with Gasteiger partial charge in [0.25, 0.3) is 0 Å². The van der Waals surface area contributed by atoms with Gasteiger partial charge < -0.3 is 19.8 Å². The summed E-state index contributed by atoms with van der Waals surface area (Å²) in [6.07, 6.45) is -2.60. The van der Waals surface area contributed by atoms with Gasteiger partial charge in [0, 0.05) is 19.0 Å². The maximum Gasteiger partial charge on any atom is 0.329 e. The monoisotopic (exact) mass is 298 g/mol. The highest BCUT2D eigenvalue weighted by Gasteiger charge is 2.44. The highest BCUT2D eigenvalue weighted by molar-refractivity contribution is 5.93. The second-order valence-electron chi connectivity index (χ2n) is 5.03. The van der Waals surface area contributed by atoms with E-state index in [0.717, 1.165) is 9.80 Å². The van der Waals surface area contributed by atoms with Gasteiger partial charge in [-0.05, 0) is 0 Å². The summed E-state index contributed by atoms with van der Waals surface area (Å²) in [6.45, 7) is 8.26. The Morgan fingerprint density at radius 1 is 1.48 bits per heavy atom. The Labute approximate surface area is 122 Å². The second-order valence-corrected chi connectivity index (χ2v) is 5.03. The van der Waals surface area contributed by atoms with Crippen LogP contribution in [0.1, 0.15) is 32.4 Å². The number of aromatic nitrogens is 1. The first-order valence-corrected chi connectivity index (χ1v) is 6.38. The van der Waals surface area contributed by atoms with E-state index in [1.807, 2.05) is 13.8 Å². The summed E-state index contributed by atoms with van der Waals surface area (Å²) in [5, 5.41) is 32.3. The molecule has 2 unspecified atom stereocenters. The zero-order valence-corrected chi connectivity index (χ0v) is 12.5. The second kappa shape index (κ2) is 6.59. The highest BCUT2D eigenvalue weighted by Crippen LogP contribution is 2.27. The van der Waals surface area contributed by atoms with Crippen molar-refractivity contribution in [2.24, 2.45) is 0 Å². The fourth-order valence-electron chi connectivity index (χ4n) is 1.63. The Balaban J connectivity index is 0.000000491. The first-order chi connectivity index (χ1) is 9.66. The van der Waals surface area contributed by atoms with Gasteiger partial charge in [-0.25, -0.2) is 9.69 Å². The van der Waals surface area contributed by atoms with Gasteiger partial charge in [0.15, 0.2) is 18.3 Å². The van der Waals surface area contributed by atoms with Gasteiger partial charge >= 0.3 is 6.03 Å². The van der Waals surface area contributed by atoms with E-state index in [4.69, 9.17) is 4.52 Å². The Hall–Kier alpha value is -2.06. The zero-order chi connectivity index (χ0) is 16.3. The molecule has 0 aromatic carbocycles.